The summed E-state index contributed by atoms with van der Waals surface area (Å²) in [6.45, 7) is 6.28. The number of benzene rings is 1. The van der Waals surface area contributed by atoms with Crippen LogP contribution in [-0.2, 0) is 38.2 Å². The van der Waals surface area contributed by atoms with Crippen molar-refractivity contribution in [1.82, 2.24) is 14.5 Å². The molecule has 0 spiro atoms. The Morgan fingerprint density at radius 2 is 1.97 bits per heavy atom. The van der Waals surface area contributed by atoms with Crippen LogP contribution in [0.15, 0.2) is 41.7 Å². The van der Waals surface area contributed by atoms with Crippen LogP contribution in [0.4, 0.5) is 0 Å². The summed E-state index contributed by atoms with van der Waals surface area (Å²) in [6, 6.07) is 9.16. The van der Waals surface area contributed by atoms with Crippen molar-refractivity contribution in [2.24, 2.45) is 11.8 Å². The van der Waals surface area contributed by atoms with Gasteiger partial charge in [-0.15, -0.1) is 0 Å². The van der Waals surface area contributed by atoms with Crippen LogP contribution in [0.25, 0.3) is 0 Å². The average Bonchev–Trinajstić information content (AvgIpc) is 3.33. The maximum absolute atomic E-state index is 13.2. The SMILES string of the molecule is CC(C)Cn1c(CN(C[C@@H]2CCCO2)C(=O)C2CC2)cnc1S(=O)(=O)Cc1ccccc1. The molecule has 2 heterocycles. The normalized spacial score (nSPS) is 18.9. The van der Waals surface area contributed by atoms with Gasteiger partial charge in [-0.1, -0.05) is 44.2 Å². The van der Waals surface area contributed by atoms with E-state index >= 15 is 0 Å². The molecule has 1 aromatic heterocycles. The summed E-state index contributed by atoms with van der Waals surface area (Å²) in [7, 11) is -3.63. The number of sulfone groups is 1. The van der Waals surface area contributed by atoms with Gasteiger partial charge in [0.25, 0.3) is 0 Å². The predicted octanol–water partition coefficient (Wildman–Crippen LogP) is 3.43. The van der Waals surface area contributed by atoms with Crippen molar-refractivity contribution < 1.29 is 17.9 Å². The molecule has 1 saturated carbocycles. The summed E-state index contributed by atoms with van der Waals surface area (Å²) < 4.78 is 34.1. The highest BCUT2D eigenvalue weighted by Gasteiger charge is 2.36. The number of hydrogen-bond donors (Lipinski definition) is 0. The van der Waals surface area contributed by atoms with Crippen LogP contribution in [0.2, 0.25) is 0 Å². The van der Waals surface area contributed by atoms with Crippen molar-refractivity contribution in [1.29, 1.82) is 0 Å². The maximum Gasteiger partial charge on any atom is 0.228 e. The summed E-state index contributed by atoms with van der Waals surface area (Å²) in [5.41, 5.74) is 1.49. The zero-order valence-electron chi connectivity index (χ0n) is 18.9. The highest BCUT2D eigenvalue weighted by molar-refractivity contribution is 7.90. The van der Waals surface area contributed by atoms with Crippen molar-refractivity contribution >= 4 is 15.7 Å². The first-order chi connectivity index (χ1) is 15.3. The standard InChI is InChI=1S/C24H33N3O4S/c1-18(2)14-27-21(13-25-24(27)32(29,30)17-19-7-4-3-5-8-19)15-26(23(28)20-10-11-20)16-22-9-6-12-31-22/h3-5,7-8,13,18,20,22H,6,9-12,14-17H2,1-2H3/t22-/m0/s1. The molecule has 0 bridgehead atoms. The molecule has 1 aliphatic heterocycles. The number of carbonyl (C=O) groups excluding carboxylic acids is 1. The van der Waals surface area contributed by atoms with Gasteiger partial charge >= 0.3 is 0 Å². The molecule has 2 aliphatic rings. The largest absolute Gasteiger partial charge is 0.376 e. The summed E-state index contributed by atoms with van der Waals surface area (Å²) in [5, 5.41) is 0.0843. The number of ether oxygens (including phenoxy) is 1. The zero-order chi connectivity index (χ0) is 22.7. The van der Waals surface area contributed by atoms with E-state index in [9.17, 15) is 13.2 Å². The molecule has 1 aliphatic carbocycles. The Hall–Kier alpha value is -2.19. The van der Waals surface area contributed by atoms with E-state index in [1.807, 2.05) is 35.2 Å². The first-order valence-corrected chi connectivity index (χ1v) is 13.2. The highest BCUT2D eigenvalue weighted by Crippen LogP contribution is 2.32. The number of hydrogen-bond acceptors (Lipinski definition) is 5. The number of carbonyl (C=O) groups is 1. The molecule has 0 unspecified atom stereocenters. The van der Waals surface area contributed by atoms with Gasteiger partial charge in [-0.05, 0) is 37.2 Å². The molecular formula is C24H33N3O4S. The second-order valence-electron chi connectivity index (χ2n) is 9.41. The second-order valence-corrected chi connectivity index (χ2v) is 11.3. The minimum absolute atomic E-state index is 0.0560. The quantitative estimate of drug-likeness (QED) is 0.544. The van der Waals surface area contributed by atoms with Gasteiger partial charge in [0.15, 0.2) is 0 Å². The minimum Gasteiger partial charge on any atom is -0.376 e. The van der Waals surface area contributed by atoms with Crippen molar-refractivity contribution in [3.8, 4) is 0 Å². The summed E-state index contributed by atoms with van der Waals surface area (Å²) in [6.07, 6.45) is 5.52. The molecule has 8 heteroatoms. The number of aromatic nitrogens is 2. The molecule has 1 atom stereocenters. The van der Waals surface area contributed by atoms with Gasteiger partial charge in [0, 0.05) is 25.6 Å². The van der Waals surface area contributed by atoms with Crippen molar-refractivity contribution in [2.75, 3.05) is 13.2 Å². The van der Waals surface area contributed by atoms with E-state index in [1.54, 1.807) is 10.8 Å². The average molecular weight is 460 g/mol. The van der Waals surface area contributed by atoms with Crippen LogP contribution in [0.1, 0.15) is 50.8 Å². The Kier molecular flexibility index (Phi) is 7.00. The van der Waals surface area contributed by atoms with Crippen molar-refractivity contribution in [3.63, 3.8) is 0 Å². The van der Waals surface area contributed by atoms with E-state index in [1.165, 1.54) is 0 Å². The third-order valence-corrected chi connectivity index (χ3v) is 7.56. The lowest BCUT2D eigenvalue weighted by molar-refractivity contribution is -0.134. The monoisotopic (exact) mass is 459 g/mol. The van der Waals surface area contributed by atoms with Crippen LogP contribution < -0.4 is 0 Å². The number of imidazole rings is 1. The molecule has 1 amide bonds. The molecule has 2 aromatic rings. The Morgan fingerprint density at radius 1 is 1.22 bits per heavy atom. The third-order valence-electron chi connectivity index (χ3n) is 5.97. The lowest BCUT2D eigenvalue weighted by atomic mass is 10.2. The molecule has 4 rings (SSSR count). The van der Waals surface area contributed by atoms with Gasteiger partial charge in [-0.25, -0.2) is 13.4 Å². The van der Waals surface area contributed by atoms with Gasteiger partial charge in [0.2, 0.25) is 20.9 Å². The summed E-state index contributed by atoms with van der Waals surface area (Å²) in [5.74, 6) is 0.383. The van der Waals surface area contributed by atoms with Gasteiger partial charge in [-0.2, -0.15) is 0 Å². The van der Waals surface area contributed by atoms with Crippen molar-refractivity contribution in [2.45, 2.75) is 69.6 Å². The van der Waals surface area contributed by atoms with Crippen LogP contribution in [0.3, 0.4) is 0 Å². The lowest BCUT2D eigenvalue weighted by Crippen LogP contribution is -2.38. The zero-order valence-corrected chi connectivity index (χ0v) is 19.8. The fourth-order valence-electron chi connectivity index (χ4n) is 4.24. The van der Waals surface area contributed by atoms with E-state index in [0.717, 1.165) is 43.5 Å². The topological polar surface area (TPSA) is 81.5 Å². The van der Waals surface area contributed by atoms with Gasteiger partial charge in [0.1, 0.15) is 0 Å². The maximum atomic E-state index is 13.2. The van der Waals surface area contributed by atoms with Gasteiger partial charge in [-0.3, -0.25) is 4.79 Å². The first-order valence-electron chi connectivity index (χ1n) is 11.5. The van der Waals surface area contributed by atoms with E-state index in [0.29, 0.717) is 19.6 Å². The summed E-state index contributed by atoms with van der Waals surface area (Å²) >= 11 is 0. The molecule has 2 fully saturated rings. The van der Waals surface area contributed by atoms with Crippen LogP contribution in [0, 0.1) is 11.8 Å². The fraction of sp³-hybridized carbons (Fsp3) is 0.583. The Bertz CT molecular complexity index is 1020. The fourth-order valence-corrected chi connectivity index (χ4v) is 5.74. The summed E-state index contributed by atoms with van der Waals surface area (Å²) in [4.78, 5) is 19.2. The molecule has 0 radical (unpaired) electrons. The van der Waals surface area contributed by atoms with E-state index < -0.39 is 9.84 Å². The van der Waals surface area contributed by atoms with Crippen molar-refractivity contribution in [3.05, 3.63) is 47.8 Å². The molecule has 1 aromatic carbocycles. The Morgan fingerprint density at radius 3 is 2.59 bits per heavy atom. The van der Waals surface area contributed by atoms with Gasteiger partial charge < -0.3 is 14.2 Å². The molecule has 32 heavy (non-hydrogen) atoms. The molecule has 174 valence electrons. The number of rotatable bonds is 10. The number of amides is 1. The second kappa shape index (κ2) is 9.75. The Labute approximate surface area is 190 Å². The highest BCUT2D eigenvalue weighted by atomic mass is 32.2. The molecule has 1 saturated heterocycles. The Balaban J connectivity index is 1.60. The predicted molar refractivity (Wildman–Crippen MR) is 122 cm³/mol. The van der Waals surface area contributed by atoms with E-state index in [4.69, 9.17) is 4.74 Å². The first kappa shape index (κ1) is 23.0. The van der Waals surface area contributed by atoms with E-state index in [2.05, 4.69) is 18.8 Å². The molecule has 7 nitrogen and oxygen atoms in total. The molecular weight excluding hydrogens is 426 g/mol. The lowest BCUT2D eigenvalue weighted by Gasteiger charge is -2.26. The van der Waals surface area contributed by atoms with Crippen LogP contribution >= 0.6 is 0 Å². The minimum atomic E-state index is -3.63. The van der Waals surface area contributed by atoms with Crippen LogP contribution in [-0.4, -0.2) is 48.0 Å². The third kappa shape index (κ3) is 5.59. The van der Waals surface area contributed by atoms with Gasteiger partial charge in [0.05, 0.1) is 30.3 Å². The smallest absolute Gasteiger partial charge is 0.228 e. The molecule has 0 N–H and O–H groups in total. The van der Waals surface area contributed by atoms with Crippen LogP contribution in [0.5, 0.6) is 0 Å². The number of nitrogens with zero attached hydrogens (tertiary/aromatic N) is 3. The van der Waals surface area contributed by atoms with E-state index in [-0.39, 0.29) is 34.8 Å².